The fourth-order valence-corrected chi connectivity index (χ4v) is 3.45. The van der Waals surface area contributed by atoms with Crippen LogP contribution in [0.3, 0.4) is 0 Å². The van der Waals surface area contributed by atoms with Gasteiger partial charge >= 0.3 is 6.09 Å². The molecule has 1 saturated carbocycles. The molecule has 0 aromatic carbocycles. The van der Waals surface area contributed by atoms with Crippen molar-refractivity contribution in [2.24, 2.45) is 0 Å². The van der Waals surface area contributed by atoms with Crippen molar-refractivity contribution in [3.8, 4) is 0 Å². The molecule has 0 unspecified atom stereocenters. The summed E-state index contributed by atoms with van der Waals surface area (Å²) in [5, 5.41) is 13.1. The molecule has 2 aromatic rings. The van der Waals surface area contributed by atoms with E-state index in [2.05, 4.69) is 24.8 Å². The van der Waals surface area contributed by atoms with E-state index in [0.717, 1.165) is 24.5 Å². The molecule has 0 radical (unpaired) electrons. The van der Waals surface area contributed by atoms with Crippen LogP contribution in [-0.4, -0.2) is 60.2 Å². The molecule has 2 aliphatic rings. The van der Waals surface area contributed by atoms with Crippen molar-refractivity contribution < 1.29 is 9.53 Å². The van der Waals surface area contributed by atoms with Crippen LogP contribution >= 0.6 is 0 Å². The second kappa shape index (κ2) is 6.81. The summed E-state index contributed by atoms with van der Waals surface area (Å²) in [6.07, 6.45) is 7.16. The van der Waals surface area contributed by atoms with E-state index in [1.54, 1.807) is 15.9 Å². The molecule has 0 N–H and O–H groups in total. The number of carbonyl (C=O) groups is 1. The van der Waals surface area contributed by atoms with Gasteiger partial charge in [0.05, 0.1) is 6.61 Å². The van der Waals surface area contributed by atoms with Crippen molar-refractivity contribution in [1.29, 1.82) is 0 Å². The summed E-state index contributed by atoms with van der Waals surface area (Å²) in [5.74, 6) is 2.33. The lowest BCUT2D eigenvalue weighted by Gasteiger charge is -2.31. The van der Waals surface area contributed by atoms with E-state index in [-0.39, 0.29) is 6.09 Å². The van der Waals surface area contributed by atoms with Crippen LogP contribution in [0.4, 0.5) is 4.79 Å². The van der Waals surface area contributed by atoms with Crippen LogP contribution in [0.15, 0.2) is 12.7 Å². The molecule has 1 amide bonds. The van der Waals surface area contributed by atoms with Gasteiger partial charge in [-0.1, -0.05) is 0 Å². The molecule has 4 rings (SSSR count). The predicted molar refractivity (Wildman–Crippen MR) is 88.0 cm³/mol. The molecule has 134 valence electrons. The van der Waals surface area contributed by atoms with E-state index >= 15 is 0 Å². The van der Waals surface area contributed by atoms with Gasteiger partial charge < -0.3 is 14.2 Å². The lowest BCUT2D eigenvalue weighted by atomic mass is 9.96. The molecule has 2 fully saturated rings. The Kier molecular flexibility index (Phi) is 4.37. The number of likely N-dealkylation sites (tertiary alicyclic amines) is 1. The third-order valence-electron chi connectivity index (χ3n) is 4.86. The first-order valence-electron chi connectivity index (χ1n) is 8.94. The molecule has 9 heteroatoms. The van der Waals surface area contributed by atoms with Gasteiger partial charge in [-0.3, -0.25) is 0 Å². The van der Waals surface area contributed by atoms with Crippen molar-refractivity contribution in [3.63, 3.8) is 0 Å². The summed E-state index contributed by atoms with van der Waals surface area (Å²) in [7, 11) is 0. The number of nitrogens with zero attached hydrogens (tertiary/aromatic N) is 7. The maximum absolute atomic E-state index is 11.9. The molecule has 0 atom stereocenters. The predicted octanol–water partition coefficient (Wildman–Crippen LogP) is 1.59. The van der Waals surface area contributed by atoms with E-state index in [1.165, 1.54) is 19.2 Å². The van der Waals surface area contributed by atoms with Gasteiger partial charge in [0, 0.05) is 25.0 Å². The van der Waals surface area contributed by atoms with Crippen LogP contribution in [0.5, 0.6) is 0 Å². The van der Waals surface area contributed by atoms with E-state index < -0.39 is 0 Å². The topological polar surface area (TPSA) is 91.0 Å². The van der Waals surface area contributed by atoms with Crippen LogP contribution in [0.1, 0.15) is 56.2 Å². The van der Waals surface area contributed by atoms with Crippen molar-refractivity contribution in [2.75, 3.05) is 19.7 Å². The summed E-state index contributed by atoms with van der Waals surface area (Å²) in [6, 6.07) is 0.506. The Hall–Kier alpha value is -2.45. The highest BCUT2D eigenvalue weighted by atomic mass is 16.6. The number of amides is 1. The average molecular weight is 345 g/mol. The highest BCUT2D eigenvalue weighted by Gasteiger charge is 2.34. The van der Waals surface area contributed by atoms with Gasteiger partial charge in [-0.2, -0.15) is 5.10 Å². The van der Waals surface area contributed by atoms with Crippen LogP contribution in [0.25, 0.3) is 0 Å². The Morgan fingerprint density at radius 1 is 1.24 bits per heavy atom. The third-order valence-corrected chi connectivity index (χ3v) is 4.86. The zero-order valence-corrected chi connectivity index (χ0v) is 14.4. The molecule has 1 saturated heterocycles. The van der Waals surface area contributed by atoms with E-state index in [0.29, 0.717) is 38.2 Å². The average Bonchev–Trinajstić information content (AvgIpc) is 3.17. The van der Waals surface area contributed by atoms with Gasteiger partial charge in [-0.15, -0.1) is 10.2 Å². The SMILES string of the molecule is CCOC(=O)N1CCC(c2nnc(Cn3cncn3)n2C2CC2)CC1. The number of aromatic nitrogens is 6. The van der Waals surface area contributed by atoms with Crippen LogP contribution in [-0.2, 0) is 11.3 Å². The van der Waals surface area contributed by atoms with Gasteiger partial charge in [0.15, 0.2) is 5.82 Å². The molecule has 3 heterocycles. The van der Waals surface area contributed by atoms with Crippen molar-refractivity contribution in [2.45, 2.75) is 51.1 Å². The van der Waals surface area contributed by atoms with Crippen molar-refractivity contribution in [1.82, 2.24) is 34.4 Å². The molecule has 25 heavy (non-hydrogen) atoms. The van der Waals surface area contributed by atoms with Crippen LogP contribution in [0, 0.1) is 0 Å². The summed E-state index contributed by atoms with van der Waals surface area (Å²) >= 11 is 0. The normalized spacial score (nSPS) is 18.5. The third kappa shape index (κ3) is 3.35. The number of hydrogen-bond donors (Lipinski definition) is 0. The Labute approximate surface area is 146 Å². The molecule has 9 nitrogen and oxygen atoms in total. The highest BCUT2D eigenvalue weighted by molar-refractivity contribution is 5.67. The van der Waals surface area contributed by atoms with Crippen LogP contribution in [0.2, 0.25) is 0 Å². The smallest absolute Gasteiger partial charge is 0.409 e. The fourth-order valence-electron chi connectivity index (χ4n) is 3.45. The highest BCUT2D eigenvalue weighted by Crippen LogP contribution is 2.39. The van der Waals surface area contributed by atoms with Gasteiger partial charge in [0.25, 0.3) is 0 Å². The Bertz CT molecular complexity index is 715. The Balaban J connectivity index is 1.48. The Morgan fingerprint density at radius 3 is 2.68 bits per heavy atom. The second-order valence-corrected chi connectivity index (χ2v) is 6.63. The number of carbonyl (C=O) groups excluding carboxylic acids is 1. The first-order chi connectivity index (χ1) is 12.3. The summed E-state index contributed by atoms with van der Waals surface area (Å²) in [6.45, 7) is 4.25. The van der Waals surface area contributed by atoms with Gasteiger partial charge in [0.1, 0.15) is 25.0 Å². The first kappa shape index (κ1) is 16.0. The quantitative estimate of drug-likeness (QED) is 0.817. The minimum Gasteiger partial charge on any atom is -0.450 e. The van der Waals surface area contributed by atoms with Gasteiger partial charge in [0.2, 0.25) is 0 Å². The molecule has 0 bridgehead atoms. The van der Waals surface area contributed by atoms with E-state index in [4.69, 9.17) is 4.74 Å². The molecular weight excluding hydrogens is 322 g/mol. The molecule has 1 aliphatic heterocycles. The maximum atomic E-state index is 11.9. The van der Waals surface area contributed by atoms with Crippen LogP contribution < -0.4 is 0 Å². The summed E-state index contributed by atoms with van der Waals surface area (Å²) < 4.78 is 9.17. The van der Waals surface area contributed by atoms with Crippen molar-refractivity contribution in [3.05, 3.63) is 24.3 Å². The van der Waals surface area contributed by atoms with Gasteiger partial charge in [-0.05, 0) is 32.6 Å². The first-order valence-corrected chi connectivity index (χ1v) is 8.94. The summed E-state index contributed by atoms with van der Waals surface area (Å²) in [5.41, 5.74) is 0. The number of ether oxygens (including phenoxy) is 1. The van der Waals surface area contributed by atoms with Crippen molar-refractivity contribution >= 4 is 6.09 Å². The monoisotopic (exact) mass is 345 g/mol. The van der Waals surface area contributed by atoms with E-state index in [1.807, 2.05) is 6.92 Å². The zero-order valence-electron chi connectivity index (χ0n) is 14.4. The molecule has 2 aromatic heterocycles. The molecular formula is C16H23N7O2. The van der Waals surface area contributed by atoms with Gasteiger partial charge in [-0.25, -0.2) is 14.5 Å². The second-order valence-electron chi connectivity index (χ2n) is 6.63. The largest absolute Gasteiger partial charge is 0.450 e. The lowest BCUT2D eigenvalue weighted by Crippen LogP contribution is -2.38. The minimum absolute atomic E-state index is 0.212. The zero-order chi connectivity index (χ0) is 17.2. The summed E-state index contributed by atoms with van der Waals surface area (Å²) in [4.78, 5) is 17.6. The number of hydrogen-bond acceptors (Lipinski definition) is 6. The number of piperidine rings is 1. The minimum atomic E-state index is -0.212. The number of rotatable bonds is 5. The lowest BCUT2D eigenvalue weighted by molar-refractivity contribution is 0.0963. The molecule has 1 aliphatic carbocycles. The maximum Gasteiger partial charge on any atom is 0.409 e. The fraction of sp³-hybridized carbons (Fsp3) is 0.688. The Morgan fingerprint density at radius 2 is 2.04 bits per heavy atom. The molecule has 0 spiro atoms. The van der Waals surface area contributed by atoms with E-state index in [9.17, 15) is 4.79 Å². The standard InChI is InChI=1S/C16H23N7O2/c1-2-25-16(24)21-7-5-12(6-8-21)15-20-19-14(23(15)13-3-4-13)9-22-11-17-10-18-22/h10-13H,2-9H2,1H3.